The Bertz CT molecular complexity index is 445. The van der Waals surface area contributed by atoms with Crippen molar-refractivity contribution >= 4 is 17.7 Å². The van der Waals surface area contributed by atoms with Crippen LogP contribution in [0.1, 0.15) is 26.0 Å². The van der Waals surface area contributed by atoms with Gasteiger partial charge in [-0.25, -0.2) is 4.98 Å². The van der Waals surface area contributed by atoms with Crippen molar-refractivity contribution in [2.75, 3.05) is 7.11 Å². The van der Waals surface area contributed by atoms with Crippen LogP contribution in [0.2, 0.25) is 0 Å². The summed E-state index contributed by atoms with van der Waals surface area (Å²) in [5, 5.41) is 0.0684. The fourth-order valence-corrected chi connectivity index (χ4v) is 2.16. The van der Waals surface area contributed by atoms with E-state index in [1.54, 1.807) is 6.92 Å². The average Bonchev–Trinajstić information content (AvgIpc) is 2.27. The van der Waals surface area contributed by atoms with E-state index in [0.717, 1.165) is 18.5 Å². The smallest absolute Gasteiger partial charge is 0.318 e. The van der Waals surface area contributed by atoms with Crippen molar-refractivity contribution < 1.29 is 9.53 Å². The van der Waals surface area contributed by atoms with Crippen LogP contribution in [-0.2, 0) is 16.0 Å². The number of carbonyl (C=O) groups excluding carboxylic acids is 1. The number of methoxy groups -OCH3 is 1. The highest BCUT2D eigenvalue weighted by Gasteiger charge is 2.16. The summed E-state index contributed by atoms with van der Waals surface area (Å²) in [6.45, 7) is 3.73. The second-order valence-electron chi connectivity index (χ2n) is 3.58. The fraction of sp³-hybridized carbons (Fsp3) is 0.545. The van der Waals surface area contributed by atoms with Crippen LogP contribution < -0.4 is 5.56 Å². The average molecular weight is 256 g/mol. The Hall–Kier alpha value is -1.30. The highest BCUT2D eigenvalue weighted by Crippen LogP contribution is 2.19. The molecule has 1 N–H and O–H groups in total. The first-order valence-corrected chi connectivity index (χ1v) is 6.29. The van der Waals surface area contributed by atoms with Crippen molar-refractivity contribution in [3.8, 4) is 0 Å². The number of rotatable bonds is 5. The minimum atomic E-state index is -0.389. The maximum atomic E-state index is 11.4. The molecule has 17 heavy (non-hydrogen) atoms. The molecule has 0 spiro atoms. The van der Waals surface area contributed by atoms with Gasteiger partial charge in [0.05, 0.1) is 7.11 Å². The Kier molecular flexibility index (Phi) is 5.21. The van der Waals surface area contributed by atoms with E-state index in [2.05, 4.69) is 14.7 Å². The minimum Gasteiger partial charge on any atom is -0.468 e. The summed E-state index contributed by atoms with van der Waals surface area (Å²) in [4.78, 5) is 29.5. The molecule has 0 aliphatic carbocycles. The summed E-state index contributed by atoms with van der Waals surface area (Å²) in [5.41, 5.74) is 0.554. The first-order chi connectivity index (χ1) is 8.06. The quantitative estimate of drug-likeness (QED) is 0.489. The first-order valence-electron chi connectivity index (χ1n) is 5.41. The second kappa shape index (κ2) is 6.44. The summed E-state index contributed by atoms with van der Waals surface area (Å²) in [6, 6.07) is 1.48. The Morgan fingerprint density at radius 1 is 1.65 bits per heavy atom. The number of nitrogens with zero attached hydrogens (tertiary/aromatic N) is 1. The molecule has 0 saturated heterocycles. The topological polar surface area (TPSA) is 72.0 Å². The molecule has 5 nitrogen and oxygen atoms in total. The molecule has 0 fully saturated rings. The lowest BCUT2D eigenvalue weighted by atomic mass is 10.2. The summed E-state index contributed by atoms with van der Waals surface area (Å²) in [5.74, 6) is -0.335. The zero-order valence-corrected chi connectivity index (χ0v) is 11.0. The van der Waals surface area contributed by atoms with Gasteiger partial charge in [-0.05, 0) is 13.3 Å². The van der Waals surface area contributed by atoms with Crippen LogP contribution in [0.4, 0.5) is 0 Å². The van der Waals surface area contributed by atoms with Gasteiger partial charge in [-0.1, -0.05) is 25.1 Å². The zero-order chi connectivity index (χ0) is 12.8. The van der Waals surface area contributed by atoms with Crippen LogP contribution >= 0.6 is 11.8 Å². The number of H-pyrrole nitrogens is 1. The Labute approximate surface area is 104 Å². The van der Waals surface area contributed by atoms with Gasteiger partial charge in [-0.15, -0.1) is 0 Å². The maximum absolute atomic E-state index is 11.4. The van der Waals surface area contributed by atoms with Gasteiger partial charge in [0, 0.05) is 11.8 Å². The lowest BCUT2D eigenvalue weighted by Gasteiger charge is -2.08. The Morgan fingerprint density at radius 3 is 2.94 bits per heavy atom. The highest BCUT2D eigenvalue weighted by molar-refractivity contribution is 8.00. The molecule has 1 atom stereocenters. The summed E-state index contributed by atoms with van der Waals surface area (Å²) < 4.78 is 4.61. The largest absolute Gasteiger partial charge is 0.468 e. The van der Waals surface area contributed by atoms with E-state index in [1.165, 1.54) is 24.9 Å². The Balaban J connectivity index is 2.83. The van der Waals surface area contributed by atoms with E-state index in [0.29, 0.717) is 5.16 Å². The molecule has 0 aliphatic rings. The van der Waals surface area contributed by atoms with Crippen molar-refractivity contribution in [1.82, 2.24) is 9.97 Å². The molecule has 0 radical (unpaired) electrons. The maximum Gasteiger partial charge on any atom is 0.318 e. The number of aryl methyl sites for hydroxylation is 1. The van der Waals surface area contributed by atoms with E-state index in [9.17, 15) is 9.59 Å². The van der Waals surface area contributed by atoms with Crippen LogP contribution in [0.5, 0.6) is 0 Å². The molecule has 0 saturated carbocycles. The van der Waals surface area contributed by atoms with E-state index in [1.807, 2.05) is 6.92 Å². The fourth-order valence-electron chi connectivity index (χ4n) is 1.31. The number of hydrogen-bond acceptors (Lipinski definition) is 5. The molecule has 1 aromatic heterocycles. The standard InChI is InChI=1S/C11H16N2O3S/c1-4-5-8-6-9(14)13-11(12-8)17-7(2)10(15)16-3/h6-7H,4-5H2,1-3H3,(H,12,13,14)/t7-/m1/s1. The highest BCUT2D eigenvalue weighted by atomic mass is 32.2. The van der Waals surface area contributed by atoms with Crippen molar-refractivity contribution in [3.63, 3.8) is 0 Å². The molecule has 0 amide bonds. The third-order valence-corrected chi connectivity index (χ3v) is 3.06. The van der Waals surface area contributed by atoms with Crippen LogP contribution in [0.3, 0.4) is 0 Å². The minimum absolute atomic E-state index is 0.192. The van der Waals surface area contributed by atoms with Gasteiger partial charge in [-0.3, -0.25) is 9.59 Å². The zero-order valence-electron chi connectivity index (χ0n) is 10.1. The van der Waals surface area contributed by atoms with Gasteiger partial charge in [0.1, 0.15) is 5.25 Å². The number of carbonyl (C=O) groups is 1. The predicted octanol–water partition coefficient (Wildman–Crippen LogP) is 1.38. The molecule has 0 bridgehead atoms. The van der Waals surface area contributed by atoms with Crippen molar-refractivity contribution in [3.05, 3.63) is 22.1 Å². The second-order valence-corrected chi connectivity index (χ2v) is 4.90. The molecule has 94 valence electrons. The lowest BCUT2D eigenvalue weighted by molar-refractivity contribution is -0.139. The van der Waals surface area contributed by atoms with Gasteiger partial charge < -0.3 is 9.72 Å². The van der Waals surface area contributed by atoms with Gasteiger partial charge in [-0.2, -0.15) is 0 Å². The Morgan fingerprint density at radius 2 is 2.35 bits per heavy atom. The number of aromatic amines is 1. The molecule has 6 heteroatoms. The molecular weight excluding hydrogens is 240 g/mol. The first kappa shape index (κ1) is 13.8. The third-order valence-electron chi connectivity index (χ3n) is 2.10. The van der Waals surface area contributed by atoms with Crippen LogP contribution in [0.25, 0.3) is 0 Å². The van der Waals surface area contributed by atoms with Crippen molar-refractivity contribution in [2.24, 2.45) is 0 Å². The van der Waals surface area contributed by atoms with Gasteiger partial charge in [0.2, 0.25) is 0 Å². The van der Waals surface area contributed by atoms with E-state index >= 15 is 0 Å². The van der Waals surface area contributed by atoms with Gasteiger partial charge in [0.25, 0.3) is 5.56 Å². The summed E-state index contributed by atoms with van der Waals surface area (Å²) in [7, 11) is 1.34. The van der Waals surface area contributed by atoms with Crippen molar-refractivity contribution in [1.29, 1.82) is 0 Å². The molecule has 0 aliphatic heterocycles. The number of esters is 1. The molecule has 0 unspecified atom stereocenters. The van der Waals surface area contributed by atoms with Crippen LogP contribution in [0, 0.1) is 0 Å². The predicted molar refractivity (Wildman–Crippen MR) is 66.2 cm³/mol. The number of aromatic nitrogens is 2. The van der Waals surface area contributed by atoms with Gasteiger partial charge >= 0.3 is 5.97 Å². The van der Waals surface area contributed by atoms with E-state index < -0.39 is 0 Å². The van der Waals surface area contributed by atoms with Gasteiger partial charge in [0.15, 0.2) is 5.16 Å². The van der Waals surface area contributed by atoms with E-state index in [4.69, 9.17) is 0 Å². The normalized spacial score (nSPS) is 12.2. The lowest BCUT2D eigenvalue weighted by Crippen LogP contribution is -2.17. The summed E-state index contributed by atoms with van der Waals surface area (Å²) >= 11 is 1.19. The molecule has 1 rings (SSSR count). The number of nitrogens with one attached hydrogen (secondary N) is 1. The van der Waals surface area contributed by atoms with Crippen LogP contribution in [0.15, 0.2) is 16.0 Å². The molecule has 1 aromatic rings. The summed E-state index contributed by atoms with van der Waals surface area (Å²) in [6.07, 6.45) is 1.68. The third kappa shape index (κ3) is 4.22. The molecule has 1 heterocycles. The number of ether oxygens (including phenoxy) is 1. The number of thioether (sulfide) groups is 1. The van der Waals surface area contributed by atoms with E-state index in [-0.39, 0.29) is 16.8 Å². The molecular formula is C11H16N2O3S. The molecule has 0 aromatic carbocycles. The monoisotopic (exact) mass is 256 g/mol. The van der Waals surface area contributed by atoms with Crippen LogP contribution in [-0.4, -0.2) is 28.3 Å². The van der Waals surface area contributed by atoms with Crippen molar-refractivity contribution in [2.45, 2.75) is 37.1 Å². The SMILES string of the molecule is CCCc1cc(=O)[nH]c(S[C@H](C)C(=O)OC)n1. The number of hydrogen-bond donors (Lipinski definition) is 1.